The SMILES string of the molecule is Cc1cc(C)n(-c2ccc(Nc3ccc(NC(=O)/C=C/c4cccs4)cc3)nn2)n1. The standard InChI is InChI=1S/C22H20N6OS/c1-15-14-16(2)28(27-15)21-11-10-20(25-26-21)23-17-5-7-18(8-6-17)24-22(29)12-9-19-4-3-13-30-19/h3-14H,1-2H3,(H,23,25)(H,24,29)/b12-9+. The minimum Gasteiger partial charge on any atom is -0.339 e. The molecular formula is C22H20N6OS. The van der Waals surface area contributed by atoms with Crippen molar-refractivity contribution in [1.29, 1.82) is 0 Å². The van der Waals surface area contributed by atoms with E-state index in [2.05, 4.69) is 25.9 Å². The molecule has 0 unspecified atom stereocenters. The van der Waals surface area contributed by atoms with E-state index in [1.54, 1.807) is 22.1 Å². The van der Waals surface area contributed by atoms with Crippen molar-refractivity contribution in [2.24, 2.45) is 0 Å². The lowest BCUT2D eigenvalue weighted by molar-refractivity contribution is -0.111. The van der Waals surface area contributed by atoms with Crippen LogP contribution in [0.2, 0.25) is 0 Å². The van der Waals surface area contributed by atoms with E-state index >= 15 is 0 Å². The van der Waals surface area contributed by atoms with Gasteiger partial charge in [-0.1, -0.05) is 6.07 Å². The predicted molar refractivity (Wildman–Crippen MR) is 120 cm³/mol. The van der Waals surface area contributed by atoms with Crippen molar-refractivity contribution in [1.82, 2.24) is 20.0 Å². The van der Waals surface area contributed by atoms with Crippen LogP contribution >= 0.6 is 11.3 Å². The lowest BCUT2D eigenvalue weighted by Gasteiger charge is -2.08. The fourth-order valence-corrected chi connectivity index (χ4v) is 3.50. The number of aromatic nitrogens is 4. The molecule has 2 N–H and O–H groups in total. The van der Waals surface area contributed by atoms with Crippen molar-refractivity contribution >= 4 is 40.5 Å². The van der Waals surface area contributed by atoms with Crippen molar-refractivity contribution in [3.05, 3.63) is 82.3 Å². The zero-order valence-corrected chi connectivity index (χ0v) is 17.4. The summed E-state index contributed by atoms with van der Waals surface area (Å²) in [7, 11) is 0. The van der Waals surface area contributed by atoms with Gasteiger partial charge in [0.15, 0.2) is 11.6 Å². The van der Waals surface area contributed by atoms with Gasteiger partial charge in [-0.05, 0) is 73.8 Å². The van der Waals surface area contributed by atoms with Gasteiger partial charge in [0.1, 0.15) is 0 Å². The number of hydrogen-bond donors (Lipinski definition) is 2. The van der Waals surface area contributed by atoms with Crippen LogP contribution in [0.5, 0.6) is 0 Å². The van der Waals surface area contributed by atoms with Crippen molar-refractivity contribution in [2.75, 3.05) is 10.6 Å². The molecule has 4 aromatic rings. The Labute approximate surface area is 178 Å². The summed E-state index contributed by atoms with van der Waals surface area (Å²) in [5, 5.41) is 20.9. The normalized spacial score (nSPS) is 11.0. The van der Waals surface area contributed by atoms with E-state index in [-0.39, 0.29) is 5.91 Å². The second-order valence-electron chi connectivity index (χ2n) is 6.66. The van der Waals surface area contributed by atoms with Crippen LogP contribution in [-0.2, 0) is 4.79 Å². The summed E-state index contributed by atoms with van der Waals surface area (Å²) >= 11 is 1.58. The summed E-state index contributed by atoms with van der Waals surface area (Å²) < 4.78 is 1.76. The summed E-state index contributed by atoms with van der Waals surface area (Å²) in [6, 6.07) is 17.0. The Balaban J connectivity index is 1.36. The smallest absolute Gasteiger partial charge is 0.248 e. The number of aryl methyl sites for hydroxylation is 2. The van der Waals surface area contributed by atoms with Gasteiger partial charge in [-0.25, -0.2) is 4.68 Å². The molecule has 7 nitrogen and oxygen atoms in total. The number of rotatable bonds is 6. The summed E-state index contributed by atoms with van der Waals surface area (Å²) in [5.41, 5.74) is 3.50. The third-order valence-electron chi connectivity index (χ3n) is 4.24. The van der Waals surface area contributed by atoms with Gasteiger partial charge in [0, 0.05) is 28.0 Å². The van der Waals surface area contributed by atoms with Crippen molar-refractivity contribution in [2.45, 2.75) is 13.8 Å². The summed E-state index contributed by atoms with van der Waals surface area (Å²) in [4.78, 5) is 13.1. The molecular weight excluding hydrogens is 396 g/mol. The second-order valence-corrected chi connectivity index (χ2v) is 7.64. The monoisotopic (exact) mass is 416 g/mol. The van der Waals surface area contributed by atoms with Crippen LogP contribution in [0.25, 0.3) is 11.9 Å². The number of hydrogen-bond acceptors (Lipinski definition) is 6. The molecule has 3 heterocycles. The first kappa shape index (κ1) is 19.5. The molecule has 0 saturated heterocycles. The summed E-state index contributed by atoms with van der Waals surface area (Å²) in [5.74, 6) is 1.12. The minimum atomic E-state index is -0.172. The zero-order valence-electron chi connectivity index (χ0n) is 16.5. The highest BCUT2D eigenvalue weighted by atomic mass is 32.1. The third kappa shape index (κ3) is 4.79. The molecule has 4 rings (SSSR count). The second kappa shape index (κ2) is 8.71. The maximum atomic E-state index is 12.0. The first-order valence-electron chi connectivity index (χ1n) is 9.34. The maximum Gasteiger partial charge on any atom is 0.248 e. The van der Waals surface area contributed by atoms with Crippen molar-refractivity contribution in [3.8, 4) is 5.82 Å². The number of carbonyl (C=O) groups is 1. The van der Waals surface area contributed by atoms with Gasteiger partial charge in [0.2, 0.25) is 5.91 Å². The Bertz CT molecular complexity index is 1160. The van der Waals surface area contributed by atoms with Crippen LogP contribution in [-0.4, -0.2) is 25.9 Å². The lowest BCUT2D eigenvalue weighted by Crippen LogP contribution is -2.07. The fraction of sp³-hybridized carbons (Fsp3) is 0.0909. The van der Waals surface area contributed by atoms with Gasteiger partial charge < -0.3 is 10.6 Å². The third-order valence-corrected chi connectivity index (χ3v) is 5.08. The molecule has 0 fully saturated rings. The van der Waals surface area contributed by atoms with Gasteiger partial charge in [0.25, 0.3) is 0 Å². The molecule has 0 spiro atoms. The van der Waals surface area contributed by atoms with Crippen LogP contribution in [0.15, 0.2) is 66.1 Å². The largest absolute Gasteiger partial charge is 0.339 e. The average molecular weight is 417 g/mol. The highest BCUT2D eigenvalue weighted by Crippen LogP contribution is 2.18. The highest BCUT2D eigenvalue weighted by Gasteiger charge is 2.06. The van der Waals surface area contributed by atoms with Crippen LogP contribution in [0.3, 0.4) is 0 Å². The van der Waals surface area contributed by atoms with E-state index in [9.17, 15) is 4.79 Å². The van der Waals surface area contributed by atoms with E-state index in [1.807, 2.05) is 73.8 Å². The van der Waals surface area contributed by atoms with E-state index in [1.165, 1.54) is 6.08 Å². The first-order chi connectivity index (χ1) is 14.6. The van der Waals surface area contributed by atoms with Crippen LogP contribution in [0.4, 0.5) is 17.2 Å². The van der Waals surface area contributed by atoms with Crippen molar-refractivity contribution < 1.29 is 4.79 Å². The van der Waals surface area contributed by atoms with Crippen LogP contribution < -0.4 is 10.6 Å². The Morgan fingerprint density at radius 2 is 1.83 bits per heavy atom. The Kier molecular flexibility index (Phi) is 5.67. The van der Waals surface area contributed by atoms with Gasteiger partial charge in [-0.15, -0.1) is 21.5 Å². The van der Waals surface area contributed by atoms with Crippen molar-refractivity contribution in [3.63, 3.8) is 0 Å². The molecule has 3 aromatic heterocycles. The van der Waals surface area contributed by atoms with E-state index < -0.39 is 0 Å². The molecule has 0 aliphatic rings. The Morgan fingerprint density at radius 1 is 1.03 bits per heavy atom. The van der Waals surface area contributed by atoms with Crippen LogP contribution in [0, 0.1) is 13.8 Å². The molecule has 150 valence electrons. The summed E-state index contributed by atoms with van der Waals surface area (Å²) in [6.07, 6.45) is 3.32. The van der Waals surface area contributed by atoms with Gasteiger partial charge in [0.05, 0.1) is 5.69 Å². The number of benzene rings is 1. The molecule has 0 atom stereocenters. The predicted octanol–water partition coefficient (Wildman–Crippen LogP) is 4.74. The van der Waals surface area contributed by atoms with Crippen LogP contribution in [0.1, 0.15) is 16.3 Å². The topological polar surface area (TPSA) is 84.7 Å². The fourth-order valence-electron chi connectivity index (χ4n) is 2.88. The molecule has 0 saturated carbocycles. The number of nitrogens with one attached hydrogen (secondary N) is 2. The number of amides is 1. The van der Waals surface area contributed by atoms with E-state index in [0.717, 1.165) is 22.0 Å². The molecule has 0 aliphatic carbocycles. The van der Waals surface area contributed by atoms with Gasteiger partial charge in [-0.2, -0.15) is 5.10 Å². The summed E-state index contributed by atoms with van der Waals surface area (Å²) in [6.45, 7) is 3.92. The average Bonchev–Trinajstić information content (AvgIpc) is 3.38. The minimum absolute atomic E-state index is 0.172. The zero-order chi connectivity index (χ0) is 20.9. The Hall–Kier alpha value is -3.78. The maximum absolute atomic E-state index is 12.0. The number of nitrogens with zero attached hydrogens (tertiary/aromatic N) is 4. The number of anilines is 3. The van der Waals surface area contributed by atoms with Gasteiger partial charge in [-0.3, -0.25) is 4.79 Å². The molecule has 1 aromatic carbocycles. The molecule has 0 bridgehead atoms. The molecule has 30 heavy (non-hydrogen) atoms. The Morgan fingerprint density at radius 3 is 2.47 bits per heavy atom. The quantitative estimate of drug-likeness (QED) is 0.444. The molecule has 0 radical (unpaired) electrons. The first-order valence-corrected chi connectivity index (χ1v) is 10.2. The number of carbonyl (C=O) groups excluding carboxylic acids is 1. The van der Waals surface area contributed by atoms with E-state index in [4.69, 9.17) is 0 Å². The number of thiophene rings is 1. The molecule has 8 heteroatoms. The van der Waals surface area contributed by atoms with Gasteiger partial charge >= 0.3 is 0 Å². The molecule has 0 aliphatic heterocycles. The molecule has 1 amide bonds. The highest BCUT2D eigenvalue weighted by molar-refractivity contribution is 7.10. The lowest BCUT2D eigenvalue weighted by atomic mass is 10.2. The van der Waals surface area contributed by atoms with E-state index in [0.29, 0.717) is 17.3 Å².